The minimum absolute atomic E-state index is 0.0255. The maximum atomic E-state index is 13.1. The molecule has 0 bridgehead atoms. The number of morpholine rings is 1. The van der Waals surface area contributed by atoms with Crippen LogP contribution < -0.4 is 10.2 Å². The molecule has 2 saturated heterocycles. The fourth-order valence-corrected chi connectivity index (χ4v) is 7.02. The molecule has 0 unspecified atom stereocenters. The molecule has 1 aliphatic carbocycles. The average Bonchev–Trinajstić information content (AvgIpc) is 2.93. The highest BCUT2D eigenvalue weighted by Crippen LogP contribution is 2.35. The van der Waals surface area contributed by atoms with Gasteiger partial charge in [0, 0.05) is 38.2 Å². The number of rotatable bonds is 6. The Balaban J connectivity index is 1.26. The summed E-state index contributed by atoms with van der Waals surface area (Å²) in [7, 11) is -3.84. The predicted molar refractivity (Wildman–Crippen MR) is 138 cm³/mol. The first-order valence-electron chi connectivity index (χ1n) is 12.8. The van der Waals surface area contributed by atoms with E-state index in [0.717, 1.165) is 25.3 Å². The highest BCUT2D eigenvalue weighted by atomic mass is 32.2. The molecular weight excluding hydrogens is 496 g/mol. The fraction of sp³-hybridized carbons (Fsp3) is 0.500. The Labute approximate surface area is 216 Å². The maximum Gasteiger partial charge on any atom is 0.293 e. The second kappa shape index (κ2) is 10.8. The third kappa shape index (κ3) is 5.34. The first kappa shape index (κ1) is 25.6. The zero-order chi connectivity index (χ0) is 26.0. The lowest BCUT2D eigenvalue weighted by molar-refractivity contribution is -0.384. The number of amides is 1. The van der Waals surface area contributed by atoms with Gasteiger partial charge < -0.3 is 15.0 Å². The van der Waals surface area contributed by atoms with Gasteiger partial charge in [-0.2, -0.15) is 4.31 Å². The number of fused-ring (bicyclic) bond motifs is 1. The van der Waals surface area contributed by atoms with E-state index >= 15 is 0 Å². The molecule has 0 spiro atoms. The smallest absolute Gasteiger partial charge is 0.293 e. The van der Waals surface area contributed by atoms with Crippen molar-refractivity contribution in [3.05, 3.63) is 63.7 Å². The van der Waals surface area contributed by atoms with Crippen molar-refractivity contribution in [1.82, 2.24) is 9.62 Å². The van der Waals surface area contributed by atoms with Gasteiger partial charge in [-0.15, -0.1) is 0 Å². The van der Waals surface area contributed by atoms with Gasteiger partial charge in [0.15, 0.2) is 0 Å². The van der Waals surface area contributed by atoms with Crippen molar-refractivity contribution in [3.63, 3.8) is 0 Å². The first-order chi connectivity index (χ1) is 17.8. The van der Waals surface area contributed by atoms with E-state index in [1.165, 1.54) is 27.6 Å². The maximum absolute atomic E-state index is 13.1. The summed E-state index contributed by atoms with van der Waals surface area (Å²) in [4.78, 5) is 26.2. The van der Waals surface area contributed by atoms with Crippen LogP contribution in [0.5, 0.6) is 0 Å². The lowest BCUT2D eigenvalue weighted by Gasteiger charge is -2.34. The Morgan fingerprint density at radius 1 is 1.03 bits per heavy atom. The van der Waals surface area contributed by atoms with Crippen LogP contribution in [0.15, 0.2) is 47.4 Å². The molecule has 1 amide bonds. The molecule has 198 valence electrons. The quantitative estimate of drug-likeness (QED) is 0.452. The summed E-state index contributed by atoms with van der Waals surface area (Å²) >= 11 is 0. The van der Waals surface area contributed by atoms with E-state index < -0.39 is 14.9 Å². The van der Waals surface area contributed by atoms with Crippen LogP contribution in [-0.2, 0) is 26.0 Å². The van der Waals surface area contributed by atoms with Gasteiger partial charge in [-0.3, -0.25) is 14.9 Å². The van der Waals surface area contributed by atoms with Crippen molar-refractivity contribution >= 4 is 27.3 Å². The molecule has 5 rings (SSSR count). The number of ether oxygens (including phenoxy) is 1. The Morgan fingerprint density at radius 2 is 1.76 bits per heavy atom. The Kier molecular flexibility index (Phi) is 7.45. The average molecular weight is 529 g/mol. The van der Waals surface area contributed by atoms with E-state index in [9.17, 15) is 23.3 Å². The van der Waals surface area contributed by atoms with Gasteiger partial charge in [0.25, 0.3) is 5.69 Å². The standard InChI is InChI=1S/C26H32N4O6S/c31-26(27-23-7-3-5-19-4-1-2-6-22(19)23)20-10-12-28(13-11-20)24-9-8-21(18-25(24)30(32)33)37(34,35)29-14-16-36-17-15-29/h1-2,4,6,8-9,18,20,23H,3,5,7,10-17H2,(H,27,31)/t23-/m0/s1. The number of benzene rings is 2. The van der Waals surface area contributed by atoms with Gasteiger partial charge in [0.2, 0.25) is 15.9 Å². The molecule has 0 aromatic heterocycles. The summed E-state index contributed by atoms with van der Waals surface area (Å²) in [6.07, 6.45) is 4.15. The summed E-state index contributed by atoms with van der Waals surface area (Å²) in [5, 5.41) is 15.1. The summed E-state index contributed by atoms with van der Waals surface area (Å²) < 4.78 is 32.5. The predicted octanol–water partition coefficient (Wildman–Crippen LogP) is 3.03. The number of hydrogen-bond acceptors (Lipinski definition) is 7. The third-order valence-electron chi connectivity index (χ3n) is 7.64. The molecule has 3 aliphatic rings. The van der Waals surface area contributed by atoms with E-state index in [4.69, 9.17) is 4.74 Å². The Bertz CT molecular complexity index is 1270. The third-order valence-corrected chi connectivity index (χ3v) is 9.54. The lowest BCUT2D eigenvalue weighted by Crippen LogP contribution is -2.42. The molecule has 2 aliphatic heterocycles. The van der Waals surface area contributed by atoms with Crippen LogP contribution in [-0.4, -0.2) is 62.9 Å². The molecule has 11 heteroatoms. The molecular formula is C26H32N4O6S. The zero-order valence-corrected chi connectivity index (χ0v) is 21.5. The number of nitrogens with zero attached hydrogens (tertiary/aromatic N) is 3. The van der Waals surface area contributed by atoms with Gasteiger partial charge in [0.05, 0.1) is 29.1 Å². The summed E-state index contributed by atoms with van der Waals surface area (Å²) in [5.74, 6) is -0.131. The van der Waals surface area contributed by atoms with E-state index in [-0.39, 0.29) is 41.5 Å². The lowest BCUT2D eigenvalue weighted by atomic mass is 9.87. The van der Waals surface area contributed by atoms with Crippen molar-refractivity contribution in [2.45, 2.75) is 43.0 Å². The number of carbonyl (C=O) groups excluding carboxylic acids is 1. The molecule has 1 atom stereocenters. The van der Waals surface area contributed by atoms with E-state index in [0.29, 0.717) is 44.8 Å². The zero-order valence-electron chi connectivity index (χ0n) is 20.7. The van der Waals surface area contributed by atoms with Crippen LogP contribution in [0, 0.1) is 16.0 Å². The topological polar surface area (TPSA) is 122 Å². The molecule has 1 N–H and O–H groups in total. The van der Waals surface area contributed by atoms with Crippen LogP contribution in [0.1, 0.15) is 42.9 Å². The van der Waals surface area contributed by atoms with Crippen LogP contribution in [0.2, 0.25) is 0 Å². The molecule has 2 fully saturated rings. The van der Waals surface area contributed by atoms with Crippen molar-refractivity contribution in [2.24, 2.45) is 5.92 Å². The second-order valence-electron chi connectivity index (χ2n) is 9.84. The summed E-state index contributed by atoms with van der Waals surface area (Å²) in [6.45, 7) is 2.01. The number of hydrogen-bond donors (Lipinski definition) is 1. The molecule has 2 aromatic rings. The number of nitro groups is 1. The van der Waals surface area contributed by atoms with Gasteiger partial charge >= 0.3 is 0 Å². The van der Waals surface area contributed by atoms with Crippen LogP contribution in [0.4, 0.5) is 11.4 Å². The van der Waals surface area contributed by atoms with Crippen molar-refractivity contribution in [3.8, 4) is 0 Å². The number of piperidine rings is 1. The number of carbonyl (C=O) groups is 1. The summed E-state index contributed by atoms with van der Waals surface area (Å²) in [5.41, 5.74) is 2.63. The fourth-order valence-electron chi connectivity index (χ4n) is 5.59. The molecule has 2 aromatic carbocycles. The number of aryl methyl sites for hydroxylation is 1. The number of nitrogens with one attached hydrogen (secondary N) is 1. The van der Waals surface area contributed by atoms with Gasteiger partial charge in [-0.1, -0.05) is 24.3 Å². The van der Waals surface area contributed by atoms with E-state index in [1.807, 2.05) is 17.0 Å². The van der Waals surface area contributed by atoms with Crippen molar-refractivity contribution in [2.75, 3.05) is 44.3 Å². The van der Waals surface area contributed by atoms with Gasteiger partial charge in [-0.25, -0.2) is 8.42 Å². The van der Waals surface area contributed by atoms with Gasteiger partial charge in [0.1, 0.15) is 5.69 Å². The number of sulfonamides is 1. The molecule has 0 radical (unpaired) electrons. The second-order valence-corrected chi connectivity index (χ2v) is 11.8. The Morgan fingerprint density at radius 3 is 2.49 bits per heavy atom. The van der Waals surface area contributed by atoms with E-state index in [1.54, 1.807) is 0 Å². The van der Waals surface area contributed by atoms with Crippen LogP contribution in [0.25, 0.3) is 0 Å². The monoisotopic (exact) mass is 528 g/mol. The van der Waals surface area contributed by atoms with Crippen molar-refractivity contribution in [1.29, 1.82) is 0 Å². The highest BCUT2D eigenvalue weighted by Gasteiger charge is 2.33. The largest absolute Gasteiger partial charge is 0.379 e. The number of anilines is 1. The van der Waals surface area contributed by atoms with Gasteiger partial charge in [-0.05, 0) is 55.4 Å². The first-order valence-corrected chi connectivity index (χ1v) is 14.3. The van der Waals surface area contributed by atoms with Crippen molar-refractivity contribution < 1.29 is 22.9 Å². The molecule has 37 heavy (non-hydrogen) atoms. The minimum atomic E-state index is -3.84. The molecule has 0 saturated carbocycles. The summed E-state index contributed by atoms with van der Waals surface area (Å²) in [6, 6.07) is 12.4. The highest BCUT2D eigenvalue weighted by molar-refractivity contribution is 7.89. The van der Waals surface area contributed by atoms with E-state index in [2.05, 4.69) is 17.4 Å². The number of nitro benzene ring substituents is 1. The van der Waals surface area contributed by atoms with Crippen LogP contribution >= 0.6 is 0 Å². The molecule has 10 nitrogen and oxygen atoms in total. The minimum Gasteiger partial charge on any atom is -0.379 e. The normalized spacial score (nSPS) is 21.3. The molecule has 2 heterocycles. The van der Waals surface area contributed by atoms with Crippen LogP contribution in [0.3, 0.4) is 0 Å². The Hall–Kier alpha value is -3.02. The SMILES string of the molecule is O=C(N[C@H]1CCCc2ccccc21)C1CCN(c2ccc(S(=O)(=O)N3CCOCC3)cc2[N+](=O)[O-])CC1.